The Balaban J connectivity index is 1.76. The van der Waals surface area contributed by atoms with Gasteiger partial charge in [-0.2, -0.15) is 0 Å². The van der Waals surface area contributed by atoms with Gasteiger partial charge < -0.3 is 9.40 Å². The molecule has 0 atom stereocenters. The number of thioether (sulfide) groups is 1. The fourth-order valence-corrected chi connectivity index (χ4v) is 3.23. The lowest BCUT2D eigenvalue weighted by Crippen LogP contribution is -2.10. The molecule has 24 heavy (non-hydrogen) atoms. The molecule has 0 fully saturated rings. The van der Waals surface area contributed by atoms with Gasteiger partial charge in [0, 0.05) is 23.1 Å². The summed E-state index contributed by atoms with van der Waals surface area (Å²) in [6.45, 7) is 3.97. The highest BCUT2D eigenvalue weighted by Crippen LogP contribution is 2.25. The van der Waals surface area contributed by atoms with Crippen molar-refractivity contribution < 1.29 is 4.42 Å². The highest BCUT2D eigenvalue weighted by molar-refractivity contribution is 7.98. The number of nitrogens with one attached hydrogen (secondary N) is 1. The average Bonchev–Trinajstić information content (AvgIpc) is 2.95. The molecule has 3 aromatic rings. The van der Waals surface area contributed by atoms with E-state index in [0.29, 0.717) is 16.8 Å². The average molecular weight is 341 g/mol. The summed E-state index contributed by atoms with van der Waals surface area (Å²) in [6.07, 6.45) is 1.77. The number of nitrogens with zero attached hydrogens (tertiary/aromatic N) is 2. The predicted molar refractivity (Wildman–Crippen MR) is 95.1 cm³/mol. The zero-order chi connectivity index (χ0) is 16.9. The largest absolute Gasteiger partial charge is 0.441 e. The summed E-state index contributed by atoms with van der Waals surface area (Å²) in [4.78, 5) is 23.5. The number of oxazole rings is 1. The van der Waals surface area contributed by atoms with Crippen LogP contribution in [-0.4, -0.2) is 15.0 Å². The first-order chi connectivity index (χ1) is 11.7. The van der Waals surface area contributed by atoms with Crippen molar-refractivity contribution in [3.8, 4) is 11.5 Å². The fourth-order valence-electron chi connectivity index (χ4n) is 2.34. The second kappa shape index (κ2) is 7.49. The molecule has 6 heteroatoms. The molecule has 0 aliphatic heterocycles. The van der Waals surface area contributed by atoms with Crippen molar-refractivity contribution >= 4 is 11.8 Å². The number of aromatic amines is 1. The van der Waals surface area contributed by atoms with E-state index in [1.165, 1.54) is 11.8 Å². The zero-order valence-electron chi connectivity index (χ0n) is 13.7. The van der Waals surface area contributed by atoms with Crippen LogP contribution in [0, 0.1) is 6.92 Å². The minimum atomic E-state index is -0.113. The van der Waals surface area contributed by atoms with Crippen molar-refractivity contribution in [2.75, 3.05) is 0 Å². The van der Waals surface area contributed by atoms with E-state index in [-0.39, 0.29) is 5.56 Å². The van der Waals surface area contributed by atoms with Gasteiger partial charge in [-0.1, -0.05) is 43.3 Å². The van der Waals surface area contributed by atoms with Crippen molar-refractivity contribution in [1.29, 1.82) is 0 Å². The lowest BCUT2D eigenvalue weighted by atomic mass is 10.2. The smallest absolute Gasteiger partial charge is 0.251 e. The van der Waals surface area contributed by atoms with Crippen molar-refractivity contribution in [3.63, 3.8) is 0 Å². The molecule has 1 aromatic carbocycles. The Hall–Kier alpha value is -2.34. The van der Waals surface area contributed by atoms with E-state index >= 15 is 0 Å². The van der Waals surface area contributed by atoms with Crippen LogP contribution >= 0.6 is 11.8 Å². The SMILES string of the molecule is CCCc1cc(=O)[nH]c(SCc2nc(-c3ccccc3)oc2C)n1. The molecule has 2 heterocycles. The Kier molecular flexibility index (Phi) is 5.15. The molecule has 1 N–H and O–H groups in total. The number of aromatic nitrogens is 3. The van der Waals surface area contributed by atoms with Gasteiger partial charge in [-0.15, -0.1) is 0 Å². The summed E-state index contributed by atoms with van der Waals surface area (Å²) in [7, 11) is 0. The normalized spacial score (nSPS) is 10.9. The fraction of sp³-hybridized carbons (Fsp3) is 0.278. The molecular weight excluding hydrogens is 322 g/mol. The number of aryl methyl sites for hydroxylation is 2. The summed E-state index contributed by atoms with van der Waals surface area (Å²) in [5, 5.41) is 0.620. The van der Waals surface area contributed by atoms with Crippen molar-refractivity contribution in [2.45, 2.75) is 37.6 Å². The van der Waals surface area contributed by atoms with Gasteiger partial charge in [0.25, 0.3) is 5.56 Å². The van der Waals surface area contributed by atoms with E-state index < -0.39 is 0 Å². The van der Waals surface area contributed by atoms with Crippen LogP contribution in [0.25, 0.3) is 11.5 Å². The van der Waals surface area contributed by atoms with E-state index in [9.17, 15) is 4.79 Å². The van der Waals surface area contributed by atoms with Crippen molar-refractivity contribution in [2.24, 2.45) is 0 Å². The van der Waals surface area contributed by atoms with Gasteiger partial charge >= 0.3 is 0 Å². The quantitative estimate of drug-likeness (QED) is 0.542. The van der Waals surface area contributed by atoms with Crippen LogP contribution in [0.5, 0.6) is 0 Å². The molecule has 2 aromatic heterocycles. The first-order valence-electron chi connectivity index (χ1n) is 7.90. The lowest BCUT2D eigenvalue weighted by molar-refractivity contribution is 0.540. The first-order valence-corrected chi connectivity index (χ1v) is 8.89. The minimum absolute atomic E-state index is 0.113. The molecule has 124 valence electrons. The molecule has 5 nitrogen and oxygen atoms in total. The highest BCUT2D eigenvalue weighted by atomic mass is 32.2. The molecule has 0 saturated carbocycles. The van der Waals surface area contributed by atoms with Gasteiger partial charge in [0.15, 0.2) is 5.16 Å². The zero-order valence-corrected chi connectivity index (χ0v) is 14.5. The second-order valence-electron chi connectivity index (χ2n) is 5.47. The van der Waals surface area contributed by atoms with Gasteiger partial charge in [-0.3, -0.25) is 4.79 Å². The third kappa shape index (κ3) is 3.94. The Morgan fingerprint density at radius 1 is 1.21 bits per heavy atom. The Labute approximate surface area is 144 Å². The molecule has 0 aliphatic carbocycles. The summed E-state index contributed by atoms with van der Waals surface area (Å²) < 4.78 is 5.76. The van der Waals surface area contributed by atoms with Crippen LogP contribution in [0.1, 0.15) is 30.5 Å². The Morgan fingerprint density at radius 3 is 2.75 bits per heavy atom. The number of rotatable bonds is 6. The molecule has 0 radical (unpaired) electrons. The summed E-state index contributed by atoms with van der Waals surface area (Å²) >= 11 is 1.46. The second-order valence-corrected chi connectivity index (χ2v) is 6.43. The van der Waals surface area contributed by atoms with E-state index in [4.69, 9.17) is 4.42 Å². The van der Waals surface area contributed by atoms with Gasteiger partial charge in [0.05, 0.1) is 5.69 Å². The molecular formula is C18H19N3O2S. The minimum Gasteiger partial charge on any atom is -0.441 e. The van der Waals surface area contributed by atoms with Gasteiger partial charge in [-0.25, -0.2) is 9.97 Å². The lowest BCUT2D eigenvalue weighted by Gasteiger charge is -2.02. The Morgan fingerprint density at radius 2 is 2.00 bits per heavy atom. The molecule has 0 unspecified atom stereocenters. The van der Waals surface area contributed by atoms with E-state index in [0.717, 1.165) is 35.6 Å². The van der Waals surface area contributed by atoms with Gasteiger partial charge in [-0.05, 0) is 25.5 Å². The van der Waals surface area contributed by atoms with Crippen molar-refractivity contribution in [3.05, 3.63) is 63.9 Å². The van der Waals surface area contributed by atoms with Crippen LogP contribution in [0.4, 0.5) is 0 Å². The maximum atomic E-state index is 11.7. The molecule has 0 aliphatic rings. The Bertz CT molecular complexity index is 871. The standard InChI is InChI=1S/C18H19N3O2S/c1-3-7-14-10-16(22)21-18(19-14)24-11-15-12(2)23-17(20-15)13-8-5-4-6-9-13/h4-6,8-10H,3,7,11H2,1-2H3,(H,19,21,22). The van der Waals surface area contributed by atoms with Crippen molar-refractivity contribution in [1.82, 2.24) is 15.0 Å². The number of H-pyrrole nitrogens is 1. The molecule has 0 bridgehead atoms. The maximum absolute atomic E-state index is 11.7. The van der Waals surface area contributed by atoms with Crippen LogP contribution in [0.3, 0.4) is 0 Å². The highest BCUT2D eigenvalue weighted by Gasteiger charge is 2.12. The van der Waals surface area contributed by atoms with E-state index in [1.807, 2.05) is 37.3 Å². The van der Waals surface area contributed by atoms with Crippen LogP contribution in [0.2, 0.25) is 0 Å². The summed E-state index contributed by atoms with van der Waals surface area (Å²) in [5.41, 5.74) is 2.53. The maximum Gasteiger partial charge on any atom is 0.251 e. The first kappa shape index (κ1) is 16.5. The van der Waals surface area contributed by atoms with Crippen LogP contribution in [-0.2, 0) is 12.2 Å². The molecule has 0 saturated heterocycles. The predicted octanol–water partition coefficient (Wildman–Crippen LogP) is 3.98. The summed E-state index contributed by atoms with van der Waals surface area (Å²) in [5.74, 6) is 2.00. The van der Waals surface area contributed by atoms with Gasteiger partial charge in [0.2, 0.25) is 5.89 Å². The van der Waals surface area contributed by atoms with Gasteiger partial charge in [0.1, 0.15) is 5.76 Å². The number of hydrogen-bond acceptors (Lipinski definition) is 5. The van der Waals surface area contributed by atoms with E-state index in [1.54, 1.807) is 6.07 Å². The molecule has 3 rings (SSSR count). The summed E-state index contributed by atoms with van der Waals surface area (Å²) in [6, 6.07) is 11.4. The third-order valence-electron chi connectivity index (χ3n) is 3.54. The molecule has 0 spiro atoms. The third-order valence-corrected chi connectivity index (χ3v) is 4.42. The van der Waals surface area contributed by atoms with Crippen LogP contribution in [0.15, 0.2) is 50.8 Å². The van der Waals surface area contributed by atoms with Crippen LogP contribution < -0.4 is 5.56 Å². The monoisotopic (exact) mass is 341 g/mol. The topological polar surface area (TPSA) is 71.8 Å². The number of hydrogen-bond donors (Lipinski definition) is 1. The number of benzene rings is 1. The molecule has 0 amide bonds. The van der Waals surface area contributed by atoms with E-state index in [2.05, 4.69) is 21.9 Å².